The number of anilines is 1. The number of benzene rings is 2. The summed E-state index contributed by atoms with van der Waals surface area (Å²) in [6.45, 7) is 5.50. The molecule has 2 aliphatic rings. The normalized spacial score (nSPS) is 18.3. The molecular weight excluding hydrogens is 615 g/mol. The van der Waals surface area contributed by atoms with E-state index in [9.17, 15) is 31.2 Å². The number of hydrogen-bond donors (Lipinski definition) is 3. The van der Waals surface area contributed by atoms with Crippen molar-refractivity contribution in [2.45, 2.75) is 63.3 Å². The standard InChI is InChI=1S/C29H30F3N7O5S/c1-4-6-24-34-16(3)26-28(41)35-27(36-39(24)26)21-13-20(9-10-23(21)44-5-2)45(42,43)37-18-11-25(40)38(15-18)19-8-7-17(14-33)22(12-19)29(30,31)32/h7-10,12-13,18,27,36-37H,4-6,11,15H2,1-3H3,(H,35,41). The molecule has 2 atom stereocenters. The molecule has 0 spiro atoms. The van der Waals surface area contributed by atoms with E-state index in [1.807, 2.05) is 6.92 Å². The van der Waals surface area contributed by atoms with Crippen molar-refractivity contribution in [3.63, 3.8) is 0 Å². The number of aromatic nitrogens is 2. The SMILES string of the molecule is CCCc1nc(C)c2n1NC(c1cc(S(=O)(=O)NC3CC(=O)N(c4ccc(C#N)c(C(F)(F)F)c4)C3)ccc1OCC)NC2=O. The molecule has 16 heteroatoms. The number of nitrogens with one attached hydrogen (secondary N) is 3. The first kappa shape index (κ1) is 31.8. The molecule has 1 fully saturated rings. The van der Waals surface area contributed by atoms with E-state index in [4.69, 9.17) is 10.00 Å². The van der Waals surface area contributed by atoms with Crippen molar-refractivity contribution in [1.29, 1.82) is 5.26 Å². The van der Waals surface area contributed by atoms with Crippen LogP contribution in [0, 0.1) is 18.3 Å². The third-order valence-corrected chi connectivity index (χ3v) is 8.95. The molecule has 2 aromatic carbocycles. The van der Waals surface area contributed by atoms with Crippen molar-refractivity contribution in [1.82, 2.24) is 19.7 Å². The Morgan fingerprint density at radius 1 is 1.18 bits per heavy atom. The summed E-state index contributed by atoms with van der Waals surface area (Å²) in [6, 6.07) is 7.56. The fraction of sp³-hybridized carbons (Fsp3) is 0.379. The highest BCUT2D eigenvalue weighted by molar-refractivity contribution is 7.89. The van der Waals surface area contributed by atoms with Crippen LogP contribution < -0.4 is 25.1 Å². The smallest absolute Gasteiger partial charge is 0.417 e. The summed E-state index contributed by atoms with van der Waals surface area (Å²) in [7, 11) is -4.26. The van der Waals surface area contributed by atoms with E-state index in [0.717, 1.165) is 17.4 Å². The first-order chi connectivity index (χ1) is 21.3. The monoisotopic (exact) mass is 645 g/mol. The maximum absolute atomic E-state index is 13.5. The number of imidazole rings is 1. The van der Waals surface area contributed by atoms with Crippen LogP contribution in [-0.2, 0) is 27.4 Å². The van der Waals surface area contributed by atoms with Crippen LogP contribution in [0.2, 0.25) is 0 Å². The van der Waals surface area contributed by atoms with Gasteiger partial charge in [0.05, 0.1) is 34.4 Å². The molecule has 1 aromatic heterocycles. The van der Waals surface area contributed by atoms with Crippen LogP contribution in [0.25, 0.3) is 0 Å². The Kier molecular flexibility index (Phi) is 8.51. The first-order valence-electron chi connectivity index (χ1n) is 14.1. The summed E-state index contributed by atoms with van der Waals surface area (Å²) < 4.78 is 77.4. The van der Waals surface area contributed by atoms with Gasteiger partial charge in [0.25, 0.3) is 5.91 Å². The third-order valence-electron chi connectivity index (χ3n) is 7.43. The van der Waals surface area contributed by atoms with Gasteiger partial charge in [0.1, 0.15) is 17.7 Å². The number of amides is 2. The largest absolute Gasteiger partial charge is 0.493 e. The number of nitrogens with zero attached hydrogens (tertiary/aromatic N) is 4. The predicted molar refractivity (Wildman–Crippen MR) is 155 cm³/mol. The van der Waals surface area contributed by atoms with Crippen LogP contribution in [0.1, 0.15) is 71.6 Å². The van der Waals surface area contributed by atoms with Crippen LogP contribution in [-0.4, -0.2) is 49.1 Å². The highest BCUT2D eigenvalue weighted by Gasteiger charge is 2.38. The number of hydrogen-bond acceptors (Lipinski definition) is 8. The van der Waals surface area contributed by atoms with Gasteiger partial charge in [-0.25, -0.2) is 22.8 Å². The van der Waals surface area contributed by atoms with Crippen LogP contribution in [0.5, 0.6) is 5.75 Å². The van der Waals surface area contributed by atoms with E-state index in [0.29, 0.717) is 41.0 Å². The number of ether oxygens (including phenoxy) is 1. The molecule has 3 aromatic rings. The molecule has 2 unspecified atom stereocenters. The number of nitriles is 1. The lowest BCUT2D eigenvalue weighted by Gasteiger charge is -2.30. The van der Waals surface area contributed by atoms with Gasteiger partial charge >= 0.3 is 6.18 Å². The number of halogens is 3. The van der Waals surface area contributed by atoms with E-state index >= 15 is 0 Å². The maximum atomic E-state index is 13.5. The zero-order valence-corrected chi connectivity index (χ0v) is 25.3. The summed E-state index contributed by atoms with van der Waals surface area (Å²) in [5.74, 6) is -0.0132. The Balaban J connectivity index is 1.41. The van der Waals surface area contributed by atoms with Gasteiger partial charge in [-0.3, -0.25) is 15.0 Å². The van der Waals surface area contributed by atoms with Crippen molar-refractivity contribution in [2.24, 2.45) is 0 Å². The number of aryl methyl sites for hydroxylation is 2. The number of alkyl halides is 3. The van der Waals surface area contributed by atoms with Gasteiger partial charge in [0.2, 0.25) is 15.9 Å². The molecule has 12 nitrogen and oxygen atoms in total. The molecule has 2 aliphatic heterocycles. The van der Waals surface area contributed by atoms with Crippen LogP contribution in [0.15, 0.2) is 41.3 Å². The number of carbonyl (C=O) groups excluding carboxylic acids is 2. The van der Waals surface area contributed by atoms with Crippen molar-refractivity contribution in [3.05, 3.63) is 70.3 Å². The molecule has 0 bridgehead atoms. The summed E-state index contributed by atoms with van der Waals surface area (Å²) in [5, 5.41) is 11.9. The molecule has 0 aliphatic carbocycles. The number of fused-ring (bicyclic) bond motifs is 1. The zero-order valence-electron chi connectivity index (χ0n) is 24.5. The van der Waals surface area contributed by atoms with Crippen molar-refractivity contribution in [2.75, 3.05) is 23.5 Å². The number of sulfonamides is 1. The lowest BCUT2D eigenvalue weighted by Crippen LogP contribution is -2.45. The summed E-state index contributed by atoms with van der Waals surface area (Å²) in [4.78, 5) is 31.2. The average Bonchev–Trinajstić information content (AvgIpc) is 3.50. The zero-order chi connectivity index (χ0) is 32.7. The topological polar surface area (TPSA) is 158 Å². The summed E-state index contributed by atoms with van der Waals surface area (Å²) in [5.41, 5.74) is 2.53. The second-order valence-electron chi connectivity index (χ2n) is 10.6. The Labute approximate surface area is 257 Å². The second kappa shape index (κ2) is 12.1. The molecule has 0 saturated carbocycles. The Morgan fingerprint density at radius 2 is 1.93 bits per heavy atom. The minimum atomic E-state index is -4.82. The first-order valence-corrected chi connectivity index (χ1v) is 15.6. The van der Waals surface area contributed by atoms with Gasteiger partial charge in [-0.2, -0.15) is 18.4 Å². The Morgan fingerprint density at radius 3 is 2.60 bits per heavy atom. The fourth-order valence-corrected chi connectivity index (χ4v) is 6.72. The van der Waals surface area contributed by atoms with E-state index in [2.05, 4.69) is 20.4 Å². The summed E-state index contributed by atoms with van der Waals surface area (Å²) in [6.07, 6.45) is -4.62. The molecule has 3 N–H and O–H groups in total. The Hall–Kier alpha value is -4.62. The minimum absolute atomic E-state index is 0.105. The molecule has 0 radical (unpaired) electrons. The van der Waals surface area contributed by atoms with E-state index in [-0.39, 0.29) is 30.2 Å². The van der Waals surface area contributed by atoms with Crippen molar-refractivity contribution in [3.8, 4) is 11.8 Å². The third kappa shape index (κ3) is 6.18. The fourth-order valence-electron chi connectivity index (χ4n) is 5.45. The Bertz CT molecular complexity index is 1820. The maximum Gasteiger partial charge on any atom is 0.417 e. The molecule has 2 amide bonds. The van der Waals surface area contributed by atoms with Gasteiger partial charge < -0.3 is 15.0 Å². The van der Waals surface area contributed by atoms with Crippen LogP contribution in [0.4, 0.5) is 18.9 Å². The van der Waals surface area contributed by atoms with Gasteiger partial charge in [-0.15, -0.1) is 0 Å². The summed E-state index contributed by atoms with van der Waals surface area (Å²) >= 11 is 0. The molecular formula is C29H30F3N7O5S. The van der Waals surface area contributed by atoms with E-state index < -0.39 is 51.3 Å². The highest BCUT2D eigenvalue weighted by Crippen LogP contribution is 2.36. The second-order valence-corrected chi connectivity index (χ2v) is 12.3. The number of rotatable bonds is 9. The average molecular weight is 646 g/mol. The lowest BCUT2D eigenvalue weighted by atomic mass is 10.1. The van der Waals surface area contributed by atoms with Gasteiger partial charge in [0.15, 0.2) is 5.69 Å². The van der Waals surface area contributed by atoms with Crippen LogP contribution >= 0.6 is 0 Å². The van der Waals surface area contributed by atoms with Gasteiger partial charge in [0, 0.05) is 36.7 Å². The lowest BCUT2D eigenvalue weighted by molar-refractivity contribution is -0.137. The molecule has 238 valence electrons. The molecule has 3 heterocycles. The molecule has 45 heavy (non-hydrogen) atoms. The van der Waals surface area contributed by atoms with E-state index in [1.54, 1.807) is 18.5 Å². The van der Waals surface area contributed by atoms with Crippen molar-refractivity contribution < 1.29 is 35.9 Å². The van der Waals surface area contributed by atoms with Gasteiger partial charge in [-0.05, 0) is 56.7 Å². The molecule has 1 saturated heterocycles. The van der Waals surface area contributed by atoms with E-state index in [1.165, 1.54) is 30.3 Å². The quantitative estimate of drug-likeness (QED) is 0.319. The minimum Gasteiger partial charge on any atom is -0.493 e. The van der Waals surface area contributed by atoms with Crippen molar-refractivity contribution >= 4 is 27.5 Å². The highest BCUT2D eigenvalue weighted by atomic mass is 32.2. The molecule has 5 rings (SSSR count). The number of carbonyl (C=O) groups is 2. The predicted octanol–water partition coefficient (Wildman–Crippen LogP) is 3.50. The van der Waals surface area contributed by atoms with Gasteiger partial charge in [-0.1, -0.05) is 6.92 Å². The van der Waals surface area contributed by atoms with Crippen LogP contribution in [0.3, 0.4) is 0 Å².